The first kappa shape index (κ1) is 11.9. The third-order valence-electron chi connectivity index (χ3n) is 4.06. The van der Waals surface area contributed by atoms with Crippen LogP contribution in [0.5, 0.6) is 0 Å². The van der Waals surface area contributed by atoms with Gasteiger partial charge in [-0.3, -0.25) is 4.99 Å². The molecule has 2 unspecified atom stereocenters. The molecule has 16 heavy (non-hydrogen) atoms. The Hall–Kier alpha value is -0.570. The van der Waals surface area contributed by atoms with Crippen LogP contribution >= 0.6 is 0 Å². The lowest BCUT2D eigenvalue weighted by Gasteiger charge is -2.23. The van der Waals surface area contributed by atoms with Crippen molar-refractivity contribution in [1.29, 1.82) is 0 Å². The van der Waals surface area contributed by atoms with Crippen molar-refractivity contribution in [2.45, 2.75) is 63.5 Å². The van der Waals surface area contributed by atoms with Gasteiger partial charge in [0.15, 0.2) is 0 Å². The summed E-state index contributed by atoms with van der Waals surface area (Å²) in [5, 5.41) is 0. The van der Waals surface area contributed by atoms with Crippen molar-refractivity contribution in [2.75, 3.05) is 7.11 Å². The molecule has 2 saturated carbocycles. The number of hydrogen-bond donors (Lipinski definition) is 1. The monoisotopic (exact) mass is 224 g/mol. The predicted octanol–water partition coefficient (Wildman–Crippen LogP) is 2.49. The molecule has 2 aliphatic carbocycles. The molecule has 2 rings (SSSR count). The van der Waals surface area contributed by atoms with Crippen LogP contribution in [0.3, 0.4) is 0 Å². The molecule has 0 radical (unpaired) electrons. The van der Waals surface area contributed by atoms with Gasteiger partial charge in [-0.25, -0.2) is 0 Å². The van der Waals surface area contributed by atoms with Crippen LogP contribution in [-0.4, -0.2) is 25.1 Å². The summed E-state index contributed by atoms with van der Waals surface area (Å²) in [6, 6.07) is 0.326. The molecule has 2 aliphatic rings. The first-order chi connectivity index (χ1) is 7.81. The van der Waals surface area contributed by atoms with E-state index in [0.29, 0.717) is 18.1 Å². The van der Waals surface area contributed by atoms with E-state index in [1.807, 2.05) is 0 Å². The van der Waals surface area contributed by atoms with Crippen molar-refractivity contribution in [1.82, 2.24) is 0 Å². The molecule has 2 atom stereocenters. The molecule has 0 aromatic heterocycles. The van der Waals surface area contributed by atoms with E-state index in [4.69, 9.17) is 15.5 Å². The number of methoxy groups -OCH3 is 1. The first-order valence-electron chi connectivity index (χ1n) is 6.67. The fraction of sp³-hybridized carbons (Fsp3) is 0.923. The summed E-state index contributed by atoms with van der Waals surface area (Å²) in [6.07, 6.45) is 10.3. The number of ether oxygens (including phenoxy) is 1. The van der Waals surface area contributed by atoms with Crippen LogP contribution in [-0.2, 0) is 4.74 Å². The van der Waals surface area contributed by atoms with Gasteiger partial charge in [0.1, 0.15) is 0 Å². The Morgan fingerprint density at radius 2 is 1.81 bits per heavy atom. The smallest absolute Gasteiger partial charge is 0.0973 e. The minimum absolute atomic E-state index is 0.308. The molecular formula is C13H24N2O. The second kappa shape index (κ2) is 5.67. The number of nitrogens with zero attached hydrogens (tertiary/aromatic N) is 1. The zero-order valence-corrected chi connectivity index (χ0v) is 10.3. The van der Waals surface area contributed by atoms with Crippen LogP contribution < -0.4 is 5.73 Å². The minimum Gasteiger partial charge on any atom is -0.387 e. The van der Waals surface area contributed by atoms with Gasteiger partial charge < -0.3 is 10.5 Å². The van der Waals surface area contributed by atoms with Crippen LogP contribution in [0, 0.1) is 5.92 Å². The summed E-state index contributed by atoms with van der Waals surface area (Å²) in [6.45, 7) is 0. The van der Waals surface area contributed by atoms with Gasteiger partial charge in [0.2, 0.25) is 0 Å². The molecule has 2 fully saturated rings. The fourth-order valence-electron chi connectivity index (χ4n) is 3.02. The Morgan fingerprint density at radius 3 is 2.50 bits per heavy atom. The highest BCUT2D eigenvalue weighted by molar-refractivity contribution is 5.83. The summed E-state index contributed by atoms with van der Waals surface area (Å²) >= 11 is 0. The Balaban J connectivity index is 1.93. The highest BCUT2D eigenvalue weighted by Crippen LogP contribution is 2.27. The van der Waals surface area contributed by atoms with Crippen molar-refractivity contribution < 1.29 is 4.74 Å². The van der Waals surface area contributed by atoms with E-state index in [0.717, 1.165) is 18.7 Å². The Bertz CT molecular complexity index is 246. The summed E-state index contributed by atoms with van der Waals surface area (Å²) in [5.41, 5.74) is 6.14. The summed E-state index contributed by atoms with van der Waals surface area (Å²) < 4.78 is 5.45. The number of rotatable bonds is 3. The largest absolute Gasteiger partial charge is 0.387 e. The van der Waals surface area contributed by atoms with E-state index in [1.54, 1.807) is 7.11 Å². The molecule has 92 valence electrons. The second-order valence-electron chi connectivity index (χ2n) is 5.16. The van der Waals surface area contributed by atoms with Crippen molar-refractivity contribution >= 4 is 5.84 Å². The molecule has 0 aliphatic heterocycles. The van der Waals surface area contributed by atoms with E-state index in [9.17, 15) is 0 Å². The summed E-state index contributed by atoms with van der Waals surface area (Å²) in [5.74, 6) is 1.44. The zero-order chi connectivity index (χ0) is 11.4. The molecule has 0 saturated heterocycles. The lowest BCUT2D eigenvalue weighted by atomic mass is 9.88. The minimum atomic E-state index is 0.308. The van der Waals surface area contributed by atoms with Gasteiger partial charge in [-0.15, -0.1) is 0 Å². The van der Waals surface area contributed by atoms with Crippen LogP contribution in [0.1, 0.15) is 51.4 Å². The van der Waals surface area contributed by atoms with Gasteiger partial charge >= 0.3 is 0 Å². The molecule has 3 heteroatoms. The molecular weight excluding hydrogens is 200 g/mol. The van der Waals surface area contributed by atoms with Gasteiger partial charge in [-0.05, 0) is 32.1 Å². The fourth-order valence-corrected chi connectivity index (χ4v) is 3.02. The third-order valence-corrected chi connectivity index (χ3v) is 4.06. The Labute approximate surface area is 98.5 Å². The van der Waals surface area contributed by atoms with Crippen LogP contribution in [0.4, 0.5) is 0 Å². The first-order valence-corrected chi connectivity index (χ1v) is 6.67. The van der Waals surface area contributed by atoms with E-state index >= 15 is 0 Å². The number of nitrogens with two attached hydrogens (primary N) is 1. The summed E-state index contributed by atoms with van der Waals surface area (Å²) in [7, 11) is 1.79. The van der Waals surface area contributed by atoms with Crippen molar-refractivity contribution in [3.63, 3.8) is 0 Å². The standard InChI is InChI=1S/C13H24N2O/c1-16-12-9-5-8-11(12)15-13(14)10-6-3-2-4-7-10/h10-12H,2-9H2,1H3,(H2,14,15). The van der Waals surface area contributed by atoms with Crippen molar-refractivity contribution in [3.05, 3.63) is 0 Å². The van der Waals surface area contributed by atoms with Crippen molar-refractivity contribution in [2.24, 2.45) is 16.6 Å². The average molecular weight is 224 g/mol. The second-order valence-corrected chi connectivity index (χ2v) is 5.16. The van der Waals surface area contributed by atoms with E-state index in [-0.39, 0.29) is 0 Å². The van der Waals surface area contributed by atoms with Gasteiger partial charge in [-0.2, -0.15) is 0 Å². The predicted molar refractivity (Wildman–Crippen MR) is 66.6 cm³/mol. The molecule has 0 aromatic rings. The maximum Gasteiger partial charge on any atom is 0.0973 e. The molecule has 0 aromatic carbocycles. The maximum absolute atomic E-state index is 6.14. The molecule has 2 N–H and O–H groups in total. The SMILES string of the molecule is COC1CCCC1N=C(N)C1CCCCC1. The van der Waals surface area contributed by atoms with E-state index < -0.39 is 0 Å². The third kappa shape index (κ3) is 2.76. The quantitative estimate of drug-likeness (QED) is 0.591. The maximum atomic E-state index is 6.14. The molecule has 3 nitrogen and oxygen atoms in total. The highest BCUT2D eigenvalue weighted by Gasteiger charge is 2.28. The molecule has 0 spiro atoms. The number of amidine groups is 1. The van der Waals surface area contributed by atoms with Gasteiger partial charge in [-0.1, -0.05) is 19.3 Å². The molecule has 0 bridgehead atoms. The zero-order valence-electron chi connectivity index (χ0n) is 10.3. The topological polar surface area (TPSA) is 47.6 Å². The average Bonchev–Trinajstić information content (AvgIpc) is 2.77. The molecule has 0 amide bonds. The number of hydrogen-bond acceptors (Lipinski definition) is 2. The van der Waals surface area contributed by atoms with E-state index in [2.05, 4.69) is 0 Å². The Morgan fingerprint density at radius 1 is 1.06 bits per heavy atom. The normalized spacial score (nSPS) is 33.2. The summed E-state index contributed by atoms with van der Waals surface area (Å²) in [4.78, 5) is 4.72. The lowest BCUT2D eigenvalue weighted by Crippen LogP contribution is -2.30. The van der Waals surface area contributed by atoms with Crippen LogP contribution in [0.15, 0.2) is 4.99 Å². The van der Waals surface area contributed by atoms with Gasteiger partial charge in [0.25, 0.3) is 0 Å². The number of aliphatic imine (C=N–C) groups is 1. The Kier molecular flexibility index (Phi) is 4.22. The lowest BCUT2D eigenvalue weighted by molar-refractivity contribution is 0.0964. The van der Waals surface area contributed by atoms with Crippen LogP contribution in [0.25, 0.3) is 0 Å². The van der Waals surface area contributed by atoms with Crippen molar-refractivity contribution in [3.8, 4) is 0 Å². The van der Waals surface area contributed by atoms with Crippen LogP contribution in [0.2, 0.25) is 0 Å². The van der Waals surface area contributed by atoms with Gasteiger partial charge in [0, 0.05) is 13.0 Å². The van der Waals surface area contributed by atoms with Gasteiger partial charge in [0.05, 0.1) is 18.0 Å². The highest BCUT2D eigenvalue weighted by atomic mass is 16.5. The van der Waals surface area contributed by atoms with E-state index in [1.165, 1.54) is 38.5 Å². The molecule has 0 heterocycles.